The van der Waals surface area contributed by atoms with Crippen LogP contribution >= 0.6 is 22.9 Å². The summed E-state index contributed by atoms with van der Waals surface area (Å²) in [5, 5.41) is -0.246. The molecule has 1 aromatic heterocycles. The summed E-state index contributed by atoms with van der Waals surface area (Å²) in [5.74, 6) is 4.13. The van der Waals surface area contributed by atoms with Gasteiger partial charge in [-0.25, -0.2) is 8.78 Å². The third kappa shape index (κ3) is 2.84. The van der Waals surface area contributed by atoms with Crippen molar-refractivity contribution in [1.29, 1.82) is 0 Å². The largest absolute Gasteiger partial charge is 0.271 e. The van der Waals surface area contributed by atoms with Gasteiger partial charge >= 0.3 is 0 Å². The predicted molar refractivity (Wildman–Crippen MR) is 67.3 cm³/mol. The Bertz CT molecular complexity index is 533. The number of nitrogens with two attached hydrogens (primary N) is 1. The van der Waals surface area contributed by atoms with Gasteiger partial charge in [-0.15, -0.1) is 11.3 Å². The molecule has 2 rings (SSSR count). The summed E-state index contributed by atoms with van der Waals surface area (Å²) in [6.45, 7) is 0. The van der Waals surface area contributed by atoms with Crippen molar-refractivity contribution in [1.82, 2.24) is 10.4 Å². The van der Waals surface area contributed by atoms with E-state index in [1.54, 1.807) is 11.7 Å². The van der Waals surface area contributed by atoms with Crippen molar-refractivity contribution in [3.63, 3.8) is 0 Å². The highest BCUT2D eigenvalue weighted by Crippen LogP contribution is 2.26. The van der Waals surface area contributed by atoms with E-state index in [1.807, 2.05) is 0 Å². The lowest BCUT2D eigenvalue weighted by molar-refractivity contribution is 0.504. The molecule has 3 nitrogen and oxygen atoms in total. The third-order valence-corrected chi connectivity index (χ3v) is 3.60. The molecule has 1 atom stereocenters. The van der Waals surface area contributed by atoms with E-state index in [0.29, 0.717) is 6.42 Å². The second-order valence-corrected chi connectivity index (χ2v) is 5.06. The molecule has 0 radical (unpaired) electrons. The Morgan fingerprint density at radius 2 is 2.17 bits per heavy atom. The molecule has 1 heterocycles. The van der Waals surface area contributed by atoms with Crippen molar-refractivity contribution in [2.24, 2.45) is 5.84 Å². The van der Waals surface area contributed by atoms with Crippen LogP contribution in [0.2, 0.25) is 5.02 Å². The summed E-state index contributed by atoms with van der Waals surface area (Å²) in [5.41, 5.74) is 4.29. The Balaban J connectivity index is 2.30. The molecule has 3 N–H and O–H groups in total. The summed E-state index contributed by atoms with van der Waals surface area (Å²) in [6.07, 6.45) is 2.10. The number of hydrazine groups is 1. The van der Waals surface area contributed by atoms with Gasteiger partial charge in [-0.3, -0.25) is 16.3 Å². The summed E-state index contributed by atoms with van der Waals surface area (Å²) in [4.78, 5) is 4.84. The van der Waals surface area contributed by atoms with Crippen LogP contribution in [0, 0.1) is 11.6 Å². The SMILES string of the molecule is NNC(Cc1cncs1)c1cc(F)c(Cl)cc1F. The summed E-state index contributed by atoms with van der Waals surface area (Å²) < 4.78 is 27.1. The van der Waals surface area contributed by atoms with Crippen LogP contribution in [-0.4, -0.2) is 4.98 Å². The number of aromatic nitrogens is 1. The van der Waals surface area contributed by atoms with E-state index in [0.717, 1.165) is 17.0 Å². The van der Waals surface area contributed by atoms with E-state index >= 15 is 0 Å². The third-order valence-electron chi connectivity index (χ3n) is 2.50. The number of rotatable bonds is 4. The predicted octanol–water partition coefficient (Wildman–Crippen LogP) is 2.82. The molecule has 0 aliphatic carbocycles. The highest BCUT2D eigenvalue weighted by molar-refractivity contribution is 7.09. The molecule has 18 heavy (non-hydrogen) atoms. The van der Waals surface area contributed by atoms with Crippen LogP contribution in [0.15, 0.2) is 23.8 Å². The Kier molecular flexibility index (Phi) is 4.23. The van der Waals surface area contributed by atoms with E-state index in [2.05, 4.69) is 10.4 Å². The Labute approximate surface area is 112 Å². The number of halogens is 3. The average Bonchev–Trinajstić information content (AvgIpc) is 2.84. The maximum atomic E-state index is 13.7. The second-order valence-electron chi connectivity index (χ2n) is 3.68. The highest BCUT2D eigenvalue weighted by Gasteiger charge is 2.18. The smallest absolute Gasteiger partial charge is 0.142 e. The maximum Gasteiger partial charge on any atom is 0.142 e. The molecule has 0 bridgehead atoms. The van der Waals surface area contributed by atoms with Gasteiger partial charge in [-0.2, -0.15) is 0 Å². The fourth-order valence-corrected chi connectivity index (χ4v) is 2.40. The number of nitrogens with one attached hydrogen (secondary N) is 1. The van der Waals surface area contributed by atoms with Crippen LogP contribution in [-0.2, 0) is 6.42 Å². The van der Waals surface area contributed by atoms with E-state index in [-0.39, 0.29) is 10.6 Å². The van der Waals surface area contributed by atoms with Gasteiger partial charge in [0, 0.05) is 23.1 Å². The standard InChI is InChI=1S/C11H10ClF2N3S/c12-8-3-9(13)7(2-10(8)14)11(17-15)1-6-4-16-5-18-6/h2-5,11,17H,1,15H2. The number of hydrogen-bond donors (Lipinski definition) is 2. The van der Waals surface area contributed by atoms with Crippen molar-refractivity contribution in [2.45, 2.75) is 12.5 Å². The Morgan fingerprint density at radius 3 is 2.78 bits per heavy atom. The monoisotopic (exact) mass is 289 g/mol. The first-order chi connectivity index (χ1) is 8.61. The molecule has 0 saturated carbocycles. The maximum absolute atomic E-state index is 13.7. The molecule has 7 heteroatoms. The topological polar surface area (TPSA) is 50.9 Å². The molecular weight excluding hydrogens is 280 g/mol. The van der Waals surface area contributed by atoms with Gasteiger partial charge in [0.2, 0.25) is 0 Å². The van der Waals surface area contributed by atoms with Gasteiger partial charge in [-0.1, -0.05) is 11.6 Å². The summed E-state index contributed by atoms with van der Waals surface area (Å²) in [7, 11) is 0. The second kappa shape index (κ2) is 5.71. The normalized spacial score (nSPS) is 12.7. The minimum atomic E-state index is -0.669. The lowest BCUT2D eigenvalue weighted by Gasteiger charge is -2.16. The quantitative estimate of drug-likeness (QED) is 0.517. The first-order valence-electron chi connectivity index (χ1n) is 5.09. The van der Waals surface area contributed by atoms with E-state index in [4.69, 9.17) is 17.4 Å². The van der Waals surface area contributed by atoms with Gasteiger partial charge in [0.1, 0.15) is 11.6 Å². The Morgan fingerprint density at radius 1 is 1.39 bits per heavy atom. The molecule has 0 amide bonds. The van der Waals surface area contributed by atoms with Gasteiger partial charge in [0.25, 0.3) is 0 Å². The fourth-order valence-electron chi connectivity index (χ4n) is 1.61. The lowest BCUT2D eigenvalue weighted by Crippen LogP contribution is -2.30. The van der Waals surface area contributed by atoms with E-state index in [9.17, 15) is 8.78 Å². The van der Waals surface area contributed by atoms with Crippen LogP contribution in [0.25, 0.3) is 0 Å². The molecule has 2 aromatic rings. The van der Waals surface area contributed by atoms with Gasteiger partial charge in [0.15, 0.2) is 0 Å². The van der Waals surface area contributed by atoms with Gasteiger partial charge < -0.3 is 0 Å². The van der Waals surface area contributed by atoms with E-state index in [1.165, 1.54) is 11.3 Å². The zero-order valence-electron chi connectivity index (χ0n) is 9.16. The van der Waals surface area contributed by atoms with E-state index < -0.39 is 17.7 Å². The van der Waals surface area contributed by atoms with Crippen molar-refractivity contribution >= 4 is 22.9 Å². The van der Waals surface area contributed by atoms with Crippen LogP contribution < -0.4 is 11.3 Å². The number of benzene rings is 1. The van der Waals surface area contributed by atoms with Crippen LogP contribution in [0.4, 0.5) is 8.78 Å². The van der Waals surface area contributed by atoms with Crippen molar-refractivity contribution < 1.29 is 8.78 Å². The van der Waals surface area contributed by atoms with Gasteiger partial charge in [-0.05, 0) is 12.1 Å². The zero-order chi connectivity index (χ0) is 13.1. The molecule has 1 unspecified atom stereocenters. The zero-order valence-corrected chi connectivity index (χ0v) is 10.7. The first-order valence-corrected chi connectivity index (χ1v) is 6.35. The van der Waals surface area contributed by atoms with Gasteiger partial charge in [0.05, 0.1) is 16.6 Å². The molecule has 0 saturated heterocycles. The molecule has 0 aliphatic heterocycles. The van der Waals surface area contributed by atoms with Crippen LogP contribution in [0.3, 0.4) is 0 Å². The minimum Gasteiger partial charge on any atom is -0.271 e. The number of thiazole rings is 1. The fraction of sp³-hybridized carbons (Fsp3) is 0.182. The van der Waals surface area contributed by atoms with Crippen LogP contribution in [0.1, 0.15) is 16.5 Å². The molecule has 0 aliphatic rings. The molecule has 96 valence electrons. The van der Waals surface area contributed by atoms with Crippen molar-refractivity contribution in [3.05, 3.63) is 50.9 Å². The summed E-state index contributed by atoms with van der Waals surface area (Å²) in [6, 6.07) is 1.48. The molecule has 1 aromatic carbocycles. The van der Waals surface area contributed by atoms with Crippen molar-refractivity contribution in [2.75, 3.05) is 0 Å². The molecule has 0 spiro atoms. The number of hydrogen-bond acceptors (Lipinski definition) is 4. The Hall–Kier alpha value is -1.08. The summed E-state index contributed by atoms with van der Waals surface area (Å²) >= 11 is 6.93. The highest BCUT2D eigenvalue weighted by atomic mass is 35.5. The van der Waals surface area contributed by atoms with Crippen LogP contribution in [0.5, 0.6) is 0 Å². The molecule has 0 fully saturated rings. The molecular formula is C11H10ClF2N3S. The lowest BCUT2D eigenvalue weighted by atomic mass is 10.0. The number of nitrogens with zero attached hydrogens (tertiary/aromatic N) is 1. The van der Waals surface area contributed by atoms with Crippen molar-refractivity contribution in [3.8, 4) is 0 Å². The average molecular weight is 290 g/mol. The first kappa shape index (κ1) is 13.4. The minimum absolute atomic E-state index is 0.146.